The normalized spacial score (nSPS) is 27.2. The Morgan fingerprint density at radius 2 is 1.43 bits per heavy atom. The molecule has 1 aromatic rings. The molecule has 3 rings (SSSR count). The molecule has 2 aliphatic rings. The van der Waals surface area contributed by atoms with E-state index in [0.717, 1.165) is 17.8 Å². The van der Waals surface area contributed by atoms with E-state index in [1.54, 1.807) is 11.6 Å². The number of nitrogens with zero attached hydrogens (tertiary/aromatic N) is 1. The first-order valence-electron chi connectivity index (χ1n) is 12.9. The summed E-state index contributed by atoms with van der Waals surface area (Å²) < 4.78 is 0. The summed E-state index contributed by atoms with van der Waals surface area (Å²) in [7, 11) is 0. The lowest BCUT2D eigenvalue weighted by molar-refractivity contribution is 0.273. The summed E-state index contributed by atoms with van der Waals surface area (Å²) in [4.78, 5) is 0. The average molecular weight is 406 g/mol. The van der Waals surface area contributed by atoms with Gasteiger partial charge in [0.05, 0.1) is 6.07 Å². The Morgan fingerprint density at radius 3 is 2.00 bits per heavy atom. The fourth-order valence-electron chi connectivity index (χ4n) is 5.84. The van der Waals surface area contributed by atoms with Crippen LogP contribution in [0.15, 0.2) is 36.4 Å². The van der Waals surface area contributed by atoms with E-state index in [4.69, 9.17) is 5.26 Å². The minimum atomic E-state index is 0.670. The Morgan fingerprint density at radius 1 is 0.833 bits per heavy atom. The number of rotatable bonds is 10. The lowest BCUT2D eigenvalue weighted by atomic mass is 9.76. The largest absolute Gasteiger partial charge is 0.193 e. The number of hydrogen-bond donors (Lipinski definition) is 0. The number of nitriles is 1. The van der Waals surface area contributed by atoms with Gasteiger partial charge in [0, 0.05) is 6.08 Å². The van der Waals surface area contributed by atoms with E-state index >= 15 is 0 Å². The molecule has 1 aromatic carbocycles. The summed E-state index contributed by atoms with van der Waals surface area (Å²) in [5.41, 5.74) is 3.11. The maximum atomic E-state index is 8.67. The molecule has 0 atom stereocenters. The van der Waals surface area contributed by atoms with Crippen molar-refractivity contribution in [3.63, 3.8) is 0 Å². The second-order valence-corrected chi connectivity index (χ2v) is 10.1. The zero-order valence-corrected chi connectivity index (χ0v) is 19.3. The van der Waals surface area contributed by atoms with Gasteiger partial charge in [-0.1, -0.05) is 69.4 Å². The number of unbranched alkanes of at least 4 members (excludes halogenated alkanes) is 2. The van der Waals surface area contributed by atoms with Crippen LogP contribution in [0.4, 0.5) is 0 Å². The molecule has 0 N–H and O–H groups in total. The molecule has 164 valence electrons. The molecule has 0 aliphatic heterocycles. The van der Waals surface area contributed by atoms with Crippen LogP contribution in [-0.2, 0) is 6.42 Å². The zero-order chi connectivity index (χ0) is 21.0. The molecule has 0 bridgehead atoms. The highest BCUT2D eigenvalue weighted by molar-refractivity contribution is 5.26. The highest BCUT2D eigenvalue weighted by Crippen LogP contribution is 2.38. The van der Waals surface area contributed by atoms with Crippen molar-refractivity contribution in [3.05, 3.63) is 47.5 Å². The average Bonchev–Trinajstić information content (AvgIpc) is 2.81. The van der Waals surface area contributed by atoms with Crippen LogP contribution in [0.5, 0.6) is 0 Å². The summed E-state index contributed by atoms with van der Waals surface area (Å²) in [6, 6.07) is 11.7. The van der Waals surface area contributed by atoms with Gasteiger partial charge in [0.2, 0.25) is 0 Å². The van der Waals surface area contributed by atoms with Crippen molar-refractivity contribution in [3.8, 4) is 6.07 Å². The van der Waals surface area contributed by atoms with Crippen molar-refractivity contribution in [2.75, 3.05) is 0 Å². The molecular weight excluding hydrogens is 362 g/mol. The van der Waals surface area contributed by atoms with Gasteiger partial charge in [-0.2, -0.15) is 5.26 Å². The smallest absolute Gasteiger partial charge is 0.0908 e. The number of hydrogen-bond acceptors (Lipinski definition) is 1. The van der Waals surface area contributed by atoms with Crippen LogP contribution in [0.2, 0.25) is 0 Å². The molecule has 0 heterocycles. The van der Waals surface area contributed by atoms with Crippen LogP contribution < -0.4 is 0 Å². The SMILES string of the molecule is CCCCc1ccc([C@H]2CC[C@H](CCCC[C@H]3CC[C@H](/C=C/C#N)CC3)CC2)cc1. The molecule has 0 amide bonds. The second-order valence-electron chi connectivity index (χ2n) is 10.1. The third kappa shape index (κ3) is 7.61. The van der Waals surface area contributed by atoms with Crippen molar-refractivity contribution < 1.29 is 0 Å². The van der Waals surface area contributed by atoms with Crippen molar-refractivity contribution >= 4 is 0 Å². The Balaban J connectivity index is 1.27. The highest BCUT2D eigenvalue weighted by Gasteiger charge is 2.23. The van der Waals surface area contributed by atoms with E-state index in [1.165, 1.54) is 102 Å². The van der Waals surface area contributed by atoms with Crippen LogP contribution >= 0.6 is 0 Å². The first-order valence-corrected chi connectivity index (χ1v) is 12.9. The fourth-order valence-corrected chi connectivity index (χ4v) is 5.84. The first kappa shape index (κ1) is 23.1. The van der Waals surface area contributed by atoms with Crippen molar-refractivity contribution in [2.24, 2.45) is 17.8 Å². The minimum absolute atomic E-state index is 0.670. The summed E-state index contributed by atoms with van der Waals surface area (Å²) in [5.74, 6) is 3.42. The lowest BCUT2D eigenvalue weighted by Crippen LogP contribution is -2.14. The van der Waals surface area contributed by atoms with Crippen LogP contribution in [0, 0.1) is 29.1 Å². The Bertz CT molecular complexity index is 649. The summed E-state index contributed by atoms with van der Waals surface area (Å²) >= 11 is 0. The van der Waals surface area contributed by atoms with E-state index in [-0.39, 0.29) is 0 Å². The van der Waals surface area contributed by atoms with Crippen molar-refractivity contribution in [1.29, 1.82) is 5.26 Å². The van der Waals surface area contributed by atoms with Crippen LogP contribution in [0.3, 0.4) is 0 Å². The topological polar surface area (TPSA) is 23.8 Å². The van der Waals surface area contributed by atoms with Gasteiger partial charge in [0.15, 0.2) is 0 Å². The maximum Gasteiger partial charge on any atom is 0.0908 e. The molecular formula is C29H43N. The standard InChI is InChI=1S/C29H43N/c1-2-3-7-24-15-19-28(20-16-24)29-21-17-26(18-22-29)9-5-4-8-25-11-13-27(14-12-25)10-6-23-30/h6,10,15-16,19-20,25-27,29H,2-5,7-9,11-14,17-18,21-22H2,1H3/b10-6+/t25-,26-,27-,29-. The Hall–Kier alpha value is -1.55. The van der Waals surface area contributed by atoms with Crippen LogP contribution in [0.25, 0.3) is 0 Å². The van der Waals surface area contributed by atoms with Crippen LogP contribution in [-0.4, -0.2) is 0 Å². The summed E-state index contributed by atoms with van der Waals surface area (Å²) in [6.45, 7) is 2.27. The quantitative estimate of drug-likeness (QED) is 0.282. The number of allylic oxidation sites excluding steroid dienone is 2. The monoisotopic (exact) mass is 405 g/mol. The molecule has 0 saturated heterocycles. The van der Waals surface area contributed by atoms with Gasteiger partial charge in [-0.15, -0.1) is 0 Å². The van der Waals surface area contributed by atoms with Gasteiger partial charge < -0.3 is 0 Å². The molecule has 2 saturated carbocycles. The summed E-state index contributed by atoms with van der Waals surface area (Å²) in [6.07, 6.45) is 24.5. The Labute approximate surface area is 186 Å². The molecule has 2 aliphatic carbocycles. The minimum Gasteiger partial charge on any atom is -0.193 e. The zero-order valence-electron chi connectivity index (χ0n) is 19.3. The van der Waals surface area contributed by atoms with Gasteiger partial charge in [0.25, 0.3) is 0 Å². The van der Waals surface area contributed by atoms with Gasteiger partial charge in [-0.3, -0.25) is 0 Å². The molecule has 1 nitrogen and oxygen atoms in total. The van der Waals surface area contributed by atoms with E-state index in [2.05, 4.69) is 43.3 Å². The maximum absolute atomic E-state index is 8.67. The predicted octanol–water partition coefficient (Wildman–Crippen LogP) is 8.75. The molecule has 30 heavy (non-hydrogen) atoms. The Kier molecular flexibility index (Phi) is 10.0. The third-order valence-corrected chi connectivity index (χ3v) is 7.93. The van der Waals surface area contributed by atoms with Crippen molar-refractivity contribution in [2.45, 2.75) is 109 Å². The number of aryl methyl sites for hydroxylation is 1. The molecule has 0 spiro atoms. The van der Waals surface area contributed by atoms with Gasteiger partial charge >= 0.3 is 0 Å². The van der Waals surface area contributed by atoms with E-state index < -0.39 is 0 Å². The van der Waals surface area contributed by atoms with Crippen molar-refractivity contribution in [1.82, 2.24) is 0 Å². The molecule has 2 fully saturated rings. The van der Waals surface area contributed by atoms with E-state index in [1.807, 2.05) is 0 Å². The van der Waals surface area contributed by atoms with Crippen LogP contribution in [0.1, 0.15) is 114 Å². The van der Waals surface area contributed by atoms with Gasteiger partial charge in [-0.25, -0.2) is 0 Å². The summed E-state index contributed by atoms with van der Waals surface area (Å²) in [5, 5.41) is 8.67. The third-order valence-electron chi connectivity index (χ3n) is 7.93. The molecule has 0 radical (unpaired) electrons. The fraction of sp³-hybridized carbons (Fsp3) is 0.690. The van der Waals surface area contributed by atoms with Gasteiger partial charge in [-0.05, 0) is 99.0 Å². The first-order chi connectivity index (χ1) is 14.8. The molecule has 0 unspecified atom stereocenters. The molecule has 0 aromatic heterocycles. The molecule has 1 heteroatoms. The van der Waals surface area contributed by atoms with E-state index in [0.29, 0.717) is 5.92 Å². The highest BCUT2D eigenvalue weighted by atomic mass is 14.3. The second kappa shape index (κ2) is 13.0. The van der Waals surface area contributed by atoms with E-state index in [9.17, 15) is 0 Å². The predicted molar refractivity (Wildman–Crippen MR) is 128 cm³/mol. The lowest BCUT2D eigenvalue weighted by Gasteiger charge is -2.29. The van der Waals surface area contributed by atoms with Gasteiger partial charge in [0.1, 0.15) is 0 Å². The number of benzene rings is 1.